The number of carboxylic acid groups (broad SMARTS) is 1. The van der Waals surface area contributed by atoms with E-state index in [1.54, 1.807) is 0 Å². The van der Waals surface area contributed by atoms with Crippen molar-refractivity contribution in [3.63, 3.8) is 0 Å². The molecule has 1 heterocycles. The summed E-state index contributed by atoms with van der Waals surface area (Å²) >= 11 is 0. The first-order valence-corrected chi connectivity index (χ1v) is 9.89. The van der Waals surface area contributed by atoms with Gasteiger partial charge in [0.2, 0.25) is 5.91 Å². The van der Waals surface area contributed by atoms with Crippen LogP contribution in [-0.4, -0.2) is 134 Å². The second-order valence-electron chi connectivity index (χ2n) is 6.34. The van der Waals surface area contributed by atoms with Crippen LogP contribution in [0.15, 0.2) is 0 Å². The summed E-state index contributed by atoms with van der Waals surface area (Å²) in [6.45, 7) is 0.331. The molecule has 0 saturated carbocycles. The molecular weight excluding hydrogens is 470 g/mol. The van der Waals surface area contributed by atoms with E-state index in [2.05, 4.69) is 9.50 Å². The number of hydrogen-bond acceptors (Lipinski definition) is 14. The fourth-order valence-electron chi connectivity index (χ4n) is 2.35. The Kier molecular flexibility index (Phi) is 12.3. The molecular formula is C14H25NO16S. The Balaban J connectivity index is 0.000000649. The molecule has 0 radical (unpaired) electrons. The third-order valence-electron chi connectivity index (χ3n) is 3.89. The third-order valence-corrected chi connectivity index (χ3v) is 4.36. The number of aliphatic carboxylic acids is 1. The molecule has 0 bridgehead atoms. The average molecular weight is 495 g/mol. The number of aliphatic hydroxyl groups excluding tert-OH is 7. The first-order valence-electron chi connectivity index (χ1n) is 8.52. The van der Waals surface area contributed by atoms with Gasteiger partial charge in [0.05, 0.1) is 6.61 Å². The first kappa shape index (κ1) is 30.2. The lowest BCUT2D eigenvalue weighted by atomic mass is 9.97. The Hall–Kier alpha value is -1.84. The van der Waals surface area contributed by atoms with Crippen molar-refractivity contribution in [2.75, 3.05) is 6.61 Å². The average Bonchev–Trinajstić information content (AvgIpc) is 2.69. The Morgan fingerprint density at radius 3 is 2.06 bits per heavy atom. The molecule has 10 N–H and O–H groups in total. The van der Waals surface area contributed by atoms with Crippen LogP contribution in [0.5, 0.6) is 0 Å². The fourth-order valence-corrected chi connectivity index (χ4v) is 2.87. The highest BCUT2D eigenvalue weighted by Gasteiger charge is 2.47. The number of ether oxygens (including phenoxy) is 1. The van der Waals surface area contributed by atoms with E-state index in [0.717, 1.165) is 6.92 Å². The van der Waals surface area contributed by atoms with Crippen molar-refractivity contribution in [1.82, 2.24) is 5.32 Å². The Bertz CT molecular complexity index is 730. The van der Waals surface area contributed by atoms with Crippen LogP contribution in [0.25, 0.3) is 0 Å². The van der Waals surface area contributed by atoms with E-state index in [0.29, 0.717) is 0 Å². The summed E-state index contributed by atoms with van der Waals surface area (Å²) in [6, 6.07) is -1.37. The lowest BCUT2D eigenvalue weighted by Crippen LogP contribution is -2.64. The highest BCUT2D eigenvalue weighted by atomic mass is 32.3. The van der Waals surface area contributed by atoms with Gasteiger partial charge in [0, 0.05) is 6.92 Å². The maximum absolute atomic E-state index is 10.9. The van der Waals surface area contributed by atoms with E-state index >= 15 is 0 Å². The van der Waals surface area contributed by atoms with E-state index in [-0.39, 0.29) is 6.29 Å². The Morgan fingerprint density at radius 1 is 1.16 bits per heavy atom. The highest BCUT2D eigenvalue weighted by Crippen LogP contribution is 2.23. The monoisotopic (exact) mass is 495 g/mol. The van der Waals surface area contributed by atoms with Gasteiger partial charge in [0.25, 0.3) is 0 Å². The minimum atomic E-state index is -4.91. The van der Waals surface area contributed by atoms with Crippen LogP contribution in [0.1, 0.15) is 6.92 Å². The quantitative estimate of drug-likeness (QED) is 0.105. The summed E-state index contributed by atoms with van der Waals surface area (Å²) in [5.74, 6) is -2.37. The van der Waals surface area contributed by atoms with Crippen molar-refractivity contribution in [3.8, 4) is 0 Å². The van der Waals surface area contributed by atoms with Gasteiger partial charge in [-0.25, -0.2) is 8.98 Å². The molecule has 1 aliphatic heterocycles. The van der Waals surface area contributed by atoms with Crippen LogP contribution in [0.3, 0.4) is 0 Å². The molecule has 1 aliphatic rings. The lowest BCUT2D eigenvalue weighted by molar-refractivity contribution is -0.248. The van der Waals surface area contributed by atoms with Crippen molar-refractivity contribution in [2.45, 2.75) is 62.0 Å². The van der Waals surface area contributed by atoms with E-state index in [1.807, 2.05) is 0 Å². The number of nitrogens with one attached hydrogen (secondary N) is 1. The smallest absolute Gasteiger partial charge is 0.397 e. The van der Waals surface area contributed by atoms with Gasteiger partial charge >= 0.3 is 16.4 Å². The maximum atomic E-state index is 10.9. The number of carbonyl (C=O) groups excluding carboxylic acids is 2. The Morgan fingerprint density at radius 2 is 1.69 bits per heavy atom. The van der Waals surface area contributed by atoms with Crippen LogP contribution in [-0.2, 0) is 33.7 Å². The van der Waals surface area contributed by atoms with E-state index in [4.69, 9.17) is 39.9 Å². The molecule has 5 unspecified atom stereocenters. The molecule has 0 aliphatic carbocycles. The lowest BCUT2D eigenvalue weighted by Gasteiger charge is -2.41. The Labute approximate surface area is 180 Å². The van der Waals surface area contributed by atoms with Crippen molar-refractivity contribution in [2.24, 2.45) is 0 Å². The van der Waals surface area contributed by atoms with Crippen molar-refractivity contribution in [1.29, 1.82) is 0 Å². The molecule has 1 fully saturated rings. The standard InChI is InChI=1S/C8H15NO9S.C6H10O7/c1-3(11)9-5-6(12)7(18-19(14,15)16)4(2-10)17-8(5)13;7-1-2(8)3(9)4(10)5(11)6(12)13/h4-8,10,12-13H,2H2,1H3,(H,9,11)(H,14,15,16);1-5,8-11H,(H,12,13)/t4-,5-,6-,7+,8?;/m1./s1. The van der Waals surface area contributed by atoms with Gasteiger partial charge in [-0.05, 0) is 0 Å². The SMILES string of the molecule is CC(=O)N[C@H]1C(O)O[C@H](CO)[C@H](OS(=O)(=O)O)[C@@H]1O.O=CC(O)C(O)C(O)C(O)C(=O)O. The molecule has 188 valence electrons. The van der Waals surface area contributed by atoms with Gasteiger partial charge in [-0.15, -0.1) is 0 Å². The number of aliphatic hydroxyl groups is 7. The molecule has 1 amide bonds. The first-order chi connectivity index (χ1) is 14.6. The minimum absolute atomic E-state index is 0.0809. The van der Waals surface area contributed by atoms with Gasteiger partial charge in [0.15, 0.2) is 18.7 Å². The third kappa shape index (κ3) is 9.34. The van der Waals surface area contributed by atoms with Crippen LogP contribution >= 0.6 is 0 Å². The minimum Gasteiger partial charge on any atom is -0.479 e. The number of carboxylic acids is 1. The fraction of sp³-hybridized carbons (Fsp3) is 0.786. The normalized spacial score (nSPS) is 29.5. The molecule has 18 heteroatoms. The number of amides is 1. The van der Waals surface area contributed by atoms with Crippen LogP contribution in [0, 0.1) is 0 Å². The number of carbonyl (C=O) groups is 3. The molecule has 32 heavy (non-hydrogen) atoms. The molecule has 0 spiro atoms. The summed E-state index contributed by atoms with van der Waals surface area (Å²) in [6.07, 6.45) is -14.8. The highest BCUT2D eigenvalue weighted by molar-refractivity contribution is 7.80. The van der Waals surface area contributed by atoms with E-state index in [9.17, 15) is 33.0 Å². The molecule has 0 aromatic rings. The molecule has 1 rings (SSSR count). The number of hydrogen-bond donors (Lipinski definition) is 10. The zero-order valence-electron chi connectivity index (χ0n) is 16.3. The number of aldehydes is 1. The van der Waals surface area contributed by atoms with Gasteiger partial charge in [-0.2, -0.15) is 8.42 Å². The predicted molar refractivity (Wildman–Crippen MR) is 95.7 cm³/mol. The van der Waals surface area contributed by atoms with Gasteiger partial charge in [-0.3, -0.25) is 9.35 Å². The van der Waals surface area contributed by atoms with E-state index < -0.39 is 83.9 Å². The zero-order chi connectivity index (χ0) is 25.4. The van der Waals surface area contributed by atoms with Gasteiger partial charge in [0.1, 0.15) is 42.7 Å². The molecule has 0 aromatic carbocycles. The van der Waals surface area contributed by atoms with E-state index in [1.165, 1.54) is 0 Å². The summed E-state index contributed by atoms with van der Waals surface area (Å²) < 4.78 is 38.9. The van der Waals surface area contributed by atoms with Crippen molar-refractivity contribution in [3.05, 3.63) is 0 Å². The summed E-state index contributed by atoms with van der Waals surface area (Å²) in [5, 5.41) is 73.7. The van der Waals surface area contributed by atoms with Gasteiger partial charge < -0.3 is 55.7 Å². The molecule has 0 aromatic heterocycles. The van der Waals surface area contributed by atoms with Crippen molar-refractivity contribution < 1.29 is 77.1 Å². The van der Waals surface area contributed by atoms with Crippen LogP contribution in [0.4, 0.5) is 0 Å². The van der Waals surface area contributed by atoms with Crippen molar-refractivity contribution >= 4 is 28.6 Å². The summed E-state index contributed by atoms with van der Waals surface area (Å²) in [5.41, 5.74) is 0. The van der Waals surface area contributed by atoms with Crippen LogP contribution < -0.4 is 5.32 Å². The molecule has 17 nitrogen and oxygen atoms in total. The topological polar surface area (TPSA) is 298 Å². The van der Waals surface area contributed by atoms with Gasteiger partial charge in [-0.1, -0.05) is 0 Å². The predicted octanol–water partition coefficient (Wildman–Crippen LogP) is -6.54. The maximum Gasteiger partial charge on any atom is 0.397 e. The molecule has 9 atom stereocenters. The second-order valence-corrected chi connectivity index (χ2v) is 7.39. The van der Waals surface area contributed by atoms with Crippen LogP contribution in [0.2, 0.25) is 0 Å². The zero-order valence-corrected chi connectivity index (χ0v) is 17.1. The molecule has 1 saturated heterocycles. The number of rotatable bonds is 9. The second kappa shape index (κ2) is 13.0. The summed E-state index contributed by atoms with van der Waals surface area (Å²) in [4.78, 5) is 30.9. The largest absolute Gasteiger partial charge is 0.479 e. The summed E-state index contributed by atoms with van der Waals surface area (Å²) in [7, 11) is -4.91.